The number of esters is 1. The Kier molecular flexibility index (Phi) is 3.10. The maximum atomic E-state index is 11.7. The zero-order chi connectivity index (χ0) is 11.5. The molecule has 1 aromatic rings. The average Bonchev–Trinajstić information content (AvgIpc) is 2.28. The van der Waals surface area contributed by atoms with Crippen molar-refractivity contribution in [1.29, 1.82) is 0 Å². The summed E-state index contributed by atoms with van der Waals surface area (Å²) in [4.78, 5) is 11.7. The summed E-state index contributed by atoms with van der Waals surface area (Å²) in [5.74, 6) is -0.106. The van der Waals surface area contributed by atoms with Crippen LogP contribution in [0.2, 0.25) is 0 Å². The van der Waals surface area contributed by atoms with Crippen molar-refractivity contribution in [3.63, 3.8) is 0 Å². The topological polar surface area (TPSA) is 58.6 Å². The summed E-state index contributed by atoms with van der Waals surface area (Å²) >= 11 is 0. The fourth-order valence-corrected chi connectivity index (χ4v) is 1.98. The predicted octanol–water partition coefficient (Wildman–Crippen LogP) is 1.14. The first kappa shape index (κ1) is 11.0. The molecular weight excluding hydrogens is 206 g/mol. The van der Waals surface area contributed by atoms with E-state index in [-0.39, 0.29) is 11.7 Å². The van der Waals surface area contributed by atoms with Crippen LogP contribution < -0.4 is 5.32 Å². The summed E-state index contributed by atoms with van der Waals surface area (Å²) in [7, 11) is 0. The number of fused-ring (bicyclic) bond motifs is 1. The Morgan fingerprint density at radius 2 is 2.44 bits per heavy atom. The van der Waals surface area contributed by atoms with E-state index in [0.29, 0.717) is 6.61 Å². The first-order chi connectivity index (χ1) is 7.72. The SMILES string of the molecule is CCOC(=O)C1NCCc2ccc(O)cc21. The van der Waals surface area contributed by atoms with Crippen molar-refractivity contribution >= 4 is 5.97 Å². The normalized spacial score (nSPS) is 18.9. The standard InChI is InChI=1S/C12H15NO3/c1-2-16-12(15)11-10-7-9(14)4-3-8(10)5-6-13-11/h3-4,7,11,13-14H,2,5-6H2,1H3. The maximum absolute atomic E-state index is 11.7. The van der Waals surface area contributed by atoms with Crippen LogP contribution in [0.4, 0.5) is 0 Å². The highest BCUT2D eigenvalue weighted by Crippen LogP contribution is 2.27. The Morgan fingerprint density at radius 3 is 3.19 bits per heavy atom. The van der Waals surface area contributed by atoms with E-state index in [1.165, 1.54) is 0 Å². The van der Waals surface area contributed by atoms with Crippen LogP contribution in [0.25, 0.3) is 0 Å². The Hall–Kier alpha value is -1.55. The molecule has 4 heteroatoms. The molecule has 0 radical (unpaired) electrons. The number of nitrogens with one attached hydrogen (secondary N) is 1. The van der Waals surface area contributed by atoms with Crippen LogP contribution in [0.1, 0.15) is 24.1 Å². The lowest BCUT2D eigenvalue weighted by molar-refractivity contribution is -0.146. The summed E-state index contributed by atoms with van der Waals surface area (Å²) in [5.41, 5.74) is 1.92. The van der Waals surface area contributed by atoms with E-state index in [4.69, 9.17) is 4.74 Å². The molecule has 16 heavy (non-hydrogen) atoms. The summed E-state index contributed by atoms with van der Waals surface area (Å²) in [6, 6.07) is 4.68. The molecule has 1 aliphatic heterocycles. The highest BCUT2D eigenvalue weighted by atomic mass is 16.5. The minimum Gasteiger partial charge on any atom is -0.508 e. The molecule has 0 saturated carbocycles. The quantitative estimate of drug-likeness (QED) is 0.735. The first-order valence-electron chi connectivity index (χ1n) is 5.44. The number of benzene rings is 1. The number of hydrogen-bond donors (Lipinski definition) is 2. The van der Waals surface area contributed by atoms with Gasteiger partial charge in [-0.15, -0.1) is 0 Å². The Morgan fingerprint density at radius 1 is 1.62 bits per heavy atom. The van der Waals surface area contributed by atoms with Gasteiger partial charge in [-0.3, -0.25) is 0 Å². The largest absolute Gasteiger partial charge is 0.508 e. The van der Waals surface area contributed by atoms with Crippen molar-refractivity contribution in [3.8, 4) is 5.75 Å². The Balaban J connectivity index is 2.31. The van der Waals surface area contributed by atoms with E-state index in [1.54, 1.807) is 19.1 Å². The number of carbonyl (C=O) groups is 1. The van der Waals surface area contributed by atoms with Crippen LogP contribution in [-0.2, 0) is 16.0 Å². The molecule has 86 valence electrons. The smallest absolute Gasteiger partial charge is 0.327 e. The number of phenolic OH excluding ortho intramolecular Hbond substituents is 1. The molecule has 0 aromatic heterocycles. The van der Waals surface area contributed by atoms with Crippen LogP contribution in [0.3, 0.4) is 0 Å². The van der Waals surface area contributed by atoms with Crippen LogP contribution >= 0.6 is 0 Å². The van der Waals surface area contributed by atoms with E-state index in [2.05, 4.69) is 5.32 Å². The summed E-state index contributed by atoms with van der Waals surface area (Å²) in [5, 5.41) is 12.5. The van der Waals surface area contributed by atoms with E-state index < -0.39 is 6.04 Å². The predicted molar refractivity (Wildman–Crippen MR) is 59.2 cm³/mol. The fraction of sp³-hybridized carbons (Fsp3) is 0.417. The van der Waals surface area contributed by atoms with Gasteiger partial charge in [0, 0.05) is 6.54 Å². The van der Waals surface area contributed by atoms with Crippen LogP contribution in [0, 0.1) is 0 Å². The van der Waals surface area contributed by atoms with Gasteiger partial charge in [-0.1, -0.05) is 6.07 Å². The number of carbonyl (C=O) groups excluding carboxylic acids is 1. The van der Waals surface area contributed by atoms with Crippen molar-refractivity contribution in [2.24, 2.45) is 0 Å². The van der Waals surface area contributed by atoms with Gasteiger partial charge in [-0.25, -0.2) is 4.79 Å². The van der Waals surface area contributed by atoms with E-state index >= 15 is 0 Å². The number of aromatic hydroxyl groups is 1. The fourth-order valence-electron chi connectivity index (χ4n) is 1.98. The molecule has 0 fully saturated rings. The van der Waals surface area contributed by atoms with Crippen LogP contribution in [0.5, 0.6) is 5.75 Å². The van der Waals surface area contributed by atoms with E-state index in [1.807, 2.05) is 6.07 Å². The second-order valence-corrected chi connectivity index (χ2v) is 3.77. The Labute approximate surface area is 94.2 Å². The zero-order valence-corrected chi connectivity index (χ0v) is 9.19. The molecule has 1 unspecified atom stereocenters. The third-order valence-corrected chi connectivity index (χ3v) is 2.71. The highest BCUT2D eigenvalue weighted by Gasteiger charge is 2.27. The van der Waals surface area contributed by atoms with Gasteiger partial charge in [-0.05, 0) is 36.6 Å². The van der Waals surface area contributed by atoms with E-state index in [0.717, 1.165) is 24.1 Å². The van der Waals surface area contributed by atoms with Crippen molar-refractivity contribution in [2.45, 2.75) is 19.4 Å². The summed E-state index contributed by atoms with van der Waals surface area (Å²) in [6.45, 7) is 2.90. The molecule has 0 aliphatic carbocycles. The lowest BCUT2D eigenvalue weighted by atomic mass is 9.94. The van der Waals surface area contributed by atoms with Crippen molar-refractivity contribution in [3.05, 3.63) is 29.3 Å². The Bertz CT molecular complexity index is 403. The molecule has 2 N–H and O–H groups in total. The van der Waals surface area contributed by atoms with Crippen molar-refractivity contribution in [2.75, 3.05) is 13.2 Å². The molecule has 2 rings (SSSR count). The molecule has 0 spiro atoms. The molecule has 1 aromatic carbocycles. The first-order valence-corrected chi connectivity index (χ1v) is 5.44. The summed E-state index contributed by atoms with van der Waals surface area (Å²) < 4.78 is 5.00. The van der Waals surface area contributed by atoms with Crippen molar-refractivity contribution < 1.29 is 14.6 Å². The summed E-state index contributed by atoms with van der Waals surface area (Å²) in [6.07, 6.45) is 0.867. The van der Waals surface area contributed by atoms with Gasteiger partial charge in [0.1, 0.15) is 11.8 Å². The average molecular weight is 221 g/mol. The van der Waals surface area contributed by atoms with Gasteiger partial charge in [0.2, 0.25) is 0 Å². The van der Waals surface area contributed by atoms with E-state index in [9.17, 15) is 9.90 Å². The molecule has 0 bridgehead atoms. The minimum absolute atomic E-state index is 0.178. The maximum Gasteiger partial charge on any atom is 0.327 e. The van der Waals surface area contributed by atoms with Crippen molar-refractivity contribution in [1.82, 2.24) is 5.32 Å². The third kappa shape index (κ3) is 2.02. The van der Waals surface area contributed by atoms with Crippen LogP contribution in [-0.4, -0.2) is 24.2 Å². The molecule has 1 heterocycles. The molecule has 1 atom stereocenters. The molecule has 4 nitrogen and oxygen atoms in total. The zero-order valence-electron chi connectivity index (χ0n) is 9.19. The number of rotatable bonds is 2. The van der Waals surface area contributed by atoms with Crippen LogP contribution in [0.15, 0.2) is 18.2 Å². The molecule has 1 aliphatic rings. The second kappa shape index (κ2) is 4.53. The number of hydrogen-bond acceptors (Lipinski definition) is 4. The molecule has 0 saturated heterocycles. The second-order valence-electron chi connectivity index (χ2n) is 3.77. The molecule has 0 amide bonds. The van der Waals surface area contributed by atoms with Gasteiger partial charge in [0.05, 0.1) is 6.61 Å². The van der Waals surface area contributed by atoms with Gasteiger partial charge < -0.3 is 15.2 Å². The monoisotopic (exact) mass is 221 g/mol. The lowest BCUT2D eigenvalue weighted by Gasteiger charge is -2.25. The third-order valence-electron chi connectivity index (χ3n) is 2.71. The number of phenols is 1. The van der Waals surface area contributed by atoms with Gasteiger partial charge in [-0.2, -0.15) is 0 Å². The van der Waals surface area contributed by atoms with Gasteiger partial charge in [0.15, 0.2) is 0 Å². The van der Waals surface area contributed by atoms with Gasteiger partial charge in [0.25, 0.3) is 0 Å². The lowest BCUT2D eigenvalue weighted by Crippen LogP contribution is -2.36. The minimum atomic E-state index is -0.448. The molecular formula is C12H15NO3. The highest BCUT2D eigenvalue weighted by molar-refractivity contribution is 5.78. The number of ether oxygens (including phenoxy) is 1. The van der Waals surface area contributed by atoms with Gasteiger partial charge >= 0.3 is 5.97 Å².